The third-order valence-corrected chi connectivity index (χ3v) is 4.15. The number of nitrogens with one attached hydrogen (secondary N) is 1. The summed E-state index contributed by atoms with van der Waals surface area (Å²) >= 11 is 6.19. The minimum absolute atomic E-state index is 0.193. The van der Waals surface area contributed by atoms with Crippen molar-refractivity contribution in [3.63, 3.8) is 0 Å². The van der Waals surface area contributed by atoms with Gasteiger partial charge in [0.05, 0.1) is 6.04 Å². The maximum atomic E-state index is 6.19. The van der Waals surface area contributed by atoms with Gasteiger partial charge in [-0.2, -0.15) is 0 Å². The molecular formula is C18H22ClN. The van der Waals surface area contributed by atoms with E-state index < -0.39 is 0 Å². The Hall–Kier alpha value is -1.31. The largest absolute Gasteiger partial charge is 0.307 e. The van der Waals surface area contributed by atoms with Gasteiger partial charge in [-0.1, -0.05) is 42.8 Å². The van der Waals surface area contributed by atoms with Crippen LogP contribution in [0.15, 0.2) is 36.4 Å². The number of hydrogen-bond donors (Lipinski definition) is 1. The van der Waals surface area contributed by atoms with Crippen LogP contribution in [-0.2, 0) is 0 Å². The number of rotatable bonds is 4. The lowest BCUT2D eigenvalue weighted by Gasteiger charge is -2.23. The van der Waals surface area contributed by atoms with Gasteiger partial charge in [-0.25, -0.2) is 0 Å². The van der Waals surface area contributed by atoms with E-state index in [1.165, 1.54) is 27.8 Å². The molecule has 0 spiro atoms. The summed E-state index contributed by atoms with van der Waals surface area (Å²) in [5.41, 5.74) is 6.52. The van der Waals surface area contributed by atoms with E-state index in [1.54, 1.807) is 0 Å². The minimum atomic E-state index is 0.193. The fourth-order valence-corrected chi connectivity index (χ4v) is 2.78. The third kappa shape index (κ3) is 3.05. The summed E-state index contributed by atoms with van der Waals surface area (Å²) in [5, 5.41) is 4.38. The van der Waals surface area contributed by atoms with Gasteiger partial charge < -0.3 is 5.32 Å². The molecule has 0 saturated carbocycles. The molecule has 1 nitrogen and oxygen atoms in total. The predicted octanol–water partition coefficient (Wildman–Crippen LogP) is 4.96. The molecule has 0 amide bonds. The van der Waals surface area contributed by atoms with Crippen molar-refractivity contribution in [1.82, 2.24) is 5.32 Å². The van der Waals surface area contributed by atoms with E-state index in [1.807, 2.05) is 6.07 Å². The van der Waals surface area contributed by atoms with Gasteiger partial charge in [0.1, 0.15) is 0 Å². The topological polar surface area (TPSA) is 12.0 Å². The second-order valence-electron chi connectivity index (χ2n) is 5.28. The Labute approximate surface area is 127 Å². The quantitative estimate of drug-likeness (QED) is 0.838. The highest BCUT2D eigenvalue weighted by atomic mass is 35.5. The number of aryl methyl sites for hydroxylation is 2. The fourth-order valence-electron chi connectivity index (χ4n) is 2.60. The van der Waals surface area contributed by atoms with Crippen LogP contribution in [0.3, 0.4) is 0 Å². The van der Waals surface area contributed by atoms with Crippen LogP contribution in [0.2, 0.25) is 5.02 Å². The highest BCUT2D eigenvalue weighted by Crippen LogP contribution is 2.30. The Morgan fingerprint density at radius 3 is 2.45 bits per heavy atom. The molecule has 20 heavy (non-hydrogen) atoms. The zero-order chi connectivity index (χ0) is 14.7. The molecule has 1 unspecified atom stereocenters. The van der Waals surface area contributed by atoms with E-state index in [-0.39, 0.29) is 6.04 Å². The van der Waals surface area contributed by atoms with Crippen LogP contribution in [0, 0.1) is 20.8 Å². The standard InChI is InChI=1S/C18H22ClN/c1-5-20-18(16-8-6-7-12(2)14(16)4)17-11-15(19)10-9-13(17)3/h6-11,18,20H,5H2,1-4H3. The molecule has 2 aromatic rings. The van der Waals surface area contributed by atoms with E-state index in [0.717, 1.165) is 11.6 Å². The fraction of sp³-hybridized carbons (Fsp3) is 0.333. The van der Waals surface area contributed by atoms with E-state index in [9.17, 15) is 0 Å². The lowest BCUT2D eigenvalue weighted by Crippen LogP contribution is -2.23. The van der Waals surface area contributed by atoms with Gasteiger partial charge in [-0.15, -0.1) is 0 Å². The van der Waals surface area contributed by atoms with Crippen LogP contribution in [0.1, 0.15) is 40.8 Å². The van der Waals surface area contributed by atoms with Crippen molar-refractivity contribution in [3.8, 4) is 0 Å². The van der Waals surface area contributed by atoms with E-state index in [4.69, 9.17) is 11.6 Å². The predicted molar refractivity (Wildman–Crippen MR) is 87.6 cm³/mol. The molecule has 0 aliphatic rings. The molecule has 0 aliphatic carbocycles. The molecule has 0 aliphatic heterocycles. The average Bonchev–Trinajstić information content (AvgIpc) is 2.43. The van der Waals surface area contributed by atoms with Crippen molar-refractivity contribution in [2.45, 2.75) is 33.7 Å². The van der Waals surface area contributed by atoms with Crippen LogP contribution in [-0.4, -0.2) is 6.54 Å². The highest BCUT2D eigenvalue weighted by molar-refractivity contribution is 6.30. The summed E-state index contributed by atoms with van der Waals surface area (Å²) in [7, 11) is 0. The first-order valence-corrected chi connectivity index (χ1v) is 7.48. The van der Waals surface area contributed by atoms with Crippen molar-refractivity contribution >= 4 is 11.6 Å². The van der Waals surface area contributed by atoms with Gasteiger partial charge in [0.15, 0.2) is 0 Å². The van der Waals surface area contributed by atoms with E-state index >= 15 is 0 Å². The Bertz CT molecular complexity index is 602. The summed E-state index contributed by atoms with van der Waals surface area (Å²) in [6.07, 6.45) is 0. The molecule has 1 atom stereocenters. The van der Waals surface area contributed by atoms with E-state index in [0.29, 0.717) is 0 Å². The maximum absolute atomic E-state index is 6.19. The highest BCUT2D eigenvalue weighted by Gasteiger charge is 2.18. The molecule has 0 aromatic heterocycles. The van der Waals surface area contributed by atoms with Crippen molar-refractivity contribution in [1.29, 1.82) is 0 Å². The maximum Gasteiger partial charge on any atom is 0.0582 e. The first-order valence-electron chi connectivity index (χ1n) is 7.10. The van der Waals surface area contributed by atoms with E-state index in [2.05, 4.69) is 63.3 Å². The van der Waals surface area contributed by atoms with Gasteiger partial charge >= 0.3 is 0 Å². The molecule has 2 heteroatoms. The van der Waals surface area contributed by atoms with Crippen molar-refractivity contribution in [2.24, 2.45) is 0 Å². The Balaban J connectivity index is 2.56. The molecule has 0 bridgehead atoms. The number of halogens is 1. The van der Waals surface area contributed by atoms with Gasteiger partial charge in [-0.05, 0) is 67.3 Å². The Morgan fingerprint density at radius 1 is 1.00 bits per heavy atom. The van der Waals surface area contributed by atoms with Gasteiger partial charge in [0.25, 0.3) is 0 Å². The summed E-state index contributed by atoms with van der Waals surface area (Å²) < 4.78 is 0. The number of hydrogen-bond acceptors (Lipinski definition) is 1. The second kappa shape index (κ2) is 6.43. The zero-order valence-corrected chi connectivity index (χ0v) is 13.4. The summed E-state index contributed by atoms with van der Waals surface area (Å²) in [6.45, 7) is 9.55. The lowest BCUT2D eigenvalue weighted by atomic mass is 9.90. The number of benzene rings is 2. The summed E-state index contributed by atoms with van der Waals surface area (Å²) in [4.78, 5) is 0. The average molecular weight is 288 g/mol. The zero-order valence-electron chi connectivity index (χ0n) is 12.6. The van der Waals surface area contributed by atoms with Gasteiger partial charge in [0.2, 0.25) is 0 Å². The van der Waals surface area contributed by atoms with Crippen LogP contribution < -0.4 is 5.32 Å². The molecule has 2 aromatic carbocycles. The second-order valence-corrected chi connectivity index (χ2v) is 5.72. The van der Waals surface area contributed by atoms with Crippen molar-refractivity contribution in [2.75, 3.05) is 6.54 Å². The molecule has 0 radical (unpaired) electrons. The SMILES string of the molecule is CCNC(c1cc(Cl)ccc1C)c1cccc(C)c1C. The van der Waals surface area contributed by atoms with Gasteiger partial charge in [-0.3, -0.25) is 0 Å². The smallest absolute Gasteiger partial charge is 0.0582 e. The summed E-state index contributed by atoms with van der Waals surface area (Å²) in [6, 6.07) is 12.8. The molecular weight excluding hydrogens is 266 g/mol. The normalized spacial score (nSPS) is 12.4. The lowest BCUT2D eigenvalue weighted by molar-refractivity contribution is 0.624. The molecule has 0 fully saturated rings. The van der Waals surface area contributed by atoms with Crippen LogP contribution in [0.4, 0.5) is 0 Å². The van der Waals surface area contributed by atoms with Crippen LogP contribution in [0.25, 0.3) is 0 Å². The first-order chi connectivity index (χ1) is 9.54. The molecule has 0 heterocycles. The molecule has 1 N–H and O–H groups in total. The molecule has 0 saturated heterocycles. The third-order valence-electron chi connectivity index (χ3n) is 3.92. The molecule has 2 rings (SSSR count). The van der Waals surface area contributed by atoms with Crippen LogP contribution >= 0.6 is 11.6 Å². The summed E-state index contributed by atoms with van der Waals surface area (Å²) in [5.74, 6) is 0. The Kier molecular flexibility index (Phi) is 4.85. The monoisotopic (exact) mass is 287 g/mol. The van der Waals surface area contributed by atoms with Crippen molar-refractivity contribution in [3.05, 3.63) is 69.2 Å². The van der Waals surface area contributed by atoms with Gasteiger partial charge in [0, 0.05) is 5.02 Å². The molecule has 106 valence electrons. The first kappa shape index (κ1) is 15.1. The minimum Gasteiger partial charge on any atom is -0.307 e. The van der Waals surface area contributed by atoms with Crippen molar-refractivity contribution < 1.29 is 0 Å². The Morgan fingerprint density at radius 2 is 1.75 bits per heavy atom. The van der Waals surface area contributed by atoms with Crippen LogP contribution in [0.5, 0.6) is 0 Å².